The zero-order valence-corrected chi connectivity index (χ0v) is 16.3. The lowest BCUT2D eigenvalue weighted by atomic mass is 9.99. The average molecular weight is 370 g/mol. The molecule has 0 unspecified atom stereocenters. The van der Waals surface area contributed by atoms with Crippen molar-refractivity contribution in [3.05, 3.63) is 41.7 Å². The number of nitrogens with one attached hydrogen (secondary N) is 1. The number of benzene rings is 1. The van der Waals surface area contributed by atoms with Crippen molar-refractivity contribution in [3.8, 4) is 5.75 Å². The summed E-state index contributed by atoms with van der Waals surface area (Å²) in [5, 5.41) is 17.9. The minimum Gasteiger partial charge on any atom is -0.497 e. The number of aliphatic hydroxyl groups is 1. The molecule has 0 aliphatic carbocycles. The molecule has 0 radical (unpaired) electrons. The van der Waals surface area contributed by atoms with Crippen LogP contribution in [0.15, 0.2) is 30.3 Å². The third kappa shape index (κ3) is 4.12. The fourth-order valence-corrected chi connectivity index (χ4v) is 4.53. The number of methoxy groups -OCH3 is 1. The molecule has 2 aliphatic rings. The molecule has 1 aromatic heterocycles. The first-order valence-electron chi connectivity index (χ1n) is 9.94. The van der Waals surface area contributed by atoms with Crippen molar-refractivity contribution in [2.45, 2.75) is 38.3 Å². The topological polar surface area (TPSA) is 64.6 Å². The second-order valence-corrected chi connectivity index (χ2v) is 7.95. The van der Waals surface area contributed by atoms with E-state index in [1.807, 2.05) is 13.0 Å². The molecule has 2 saturated heterocycles. The minimum atomic E-state index is -0.251. The van der Waals surface area contributed by atoms with Crippen molar-refractivity contribution in [2.75, 3.05) is 38.2 Å². The van der Waals surface area contributed by atoms with Crippen molar-refractivity contribution in [2.24, 2.45) is 5.92 Å². The summed E-state index contributed by atoms with van der Waals surface area (Å²) < 4.78 is 5.35. The van der Waals surface area contributed by atoms with Gasteiger partial charge in [-0.1, -0.05) is 6.07 Å². The van der Waals surface area contributed by atoms with E-state index in [1.165, 1.54) is 5.69 Å². The van der Waals surface area contributed by atoms with Gasteiger partial charge in [0.1, 0.15) is 5.75 Å². The van der Waals surface area contributed by atoms with Crippen LogP contribution in [-0.2, 0) is 6.42 Å². The van der Waals surface area contributed by atoms with E-state index in [9.17, 15) is 5.11 Å². The van der Waals surface area contributed by atoms with Crippen LogP contribution in [0.5, 0.6) is 5.75 Å². The molecule has 0 amide bonds. The highest BCUT2D eigenvalue weighted by Gasteiger charge is 2.36. The van der Waals surface area contributed by atoms with Gasteiger partial charge in [0.05, 0.1) is 18.9 Å². The molecule has 3 heterocycles. The first-order chi connectivity index (χ1) is 13.1. The smallest absolute Gasteiger partial charge is 0.120 e. The van der Waals surface area contributed by atoms with Crippen molar-refractivity contribution in [1.82, 2.24) is 15.1 Å². The van der Waals surface area contributed by atoms with E-state index in [0.29, 0.717) is 6.04 Å². The predicted molar refractivity (Wildman–Crippen MR) is 106 cm³/mol. The van der Waals surface area contributed by atoms with Gasteiger partial charge >= 0.3 is 0 Å². The van der Waals surface area contributed by atoms with Crippen LogP contribution in [0, 0.1) is 12.8 Å². The lowest BCUT2D eigenvalue weighted by Gasteiger charge is -2.38. The van der Waals surface area contributed by atoms with Gasteiger partial charge in [-0.2, -0.15) is 5.10 Å². The van der Waals surface area contributed by atoms with Crippen molar-refractivity contribution < 1.29 is 9.84 Å². The van der Waals surface area contributed by atoms with Gasteiger partial charge in [-0.3, -0.25) is 10.00 Å². The number of H-pyrrole nitrogens is 1. The van der Waals surface area contributed by atoms with Crippen LogP contribution in [0.3, 0.4) is 0 Å². The molecule has 27 heavy (non-hydrogen) atoms. The molecule has 2 aliphatic heterocycles. The Morgan fingerprint density at radius 2 is 2.04 bits per heavy atom. The molecular formula is C21H30N4O2. The van der Waals surface area contributed by atoms with E-state index in [4.69, 9.17) is 4.74 Å². The maximum absolute atomic E-state index is 10.5. The van der Waals surface area contributed by atoms with Gasteiger partial charge in [0.15, 0.2) is 0 Å². The zero-order chi connectivity index (χ0) is 18.8. The molecule has 0 bridgehead atoms. The maximum Gasteiger partial charge on any atom is 0.120 e. The number of aromatic nitrogens is 2. The van der Waals surface area contributed by atoms with Crippen LogP contribution in [-0.4, -0.2) is 65.6 Å². The van der Waals surface area contributed by atoms with Gasteiger partial charge < -0.3 is 14.7 Å². The number of ether oxygens (including phenoxy) is 1. The summed E-state index contributed by atoms with van der Waals surface area (Å²) in [6.07, 6.45) is 2.87. The zero-order valence-electron chi connectivity index (χ0n) is 16.3. The van der Waals surface area contributed by atoms with E-state index in [1.54, 1.807) is 7.11 Å². The van der Waals surface area contributed by atoms with Crippen molar-refractivity contribution >= 4 is 5.69 Å². The van der Waals surface area contributed by atoms with Gasteiger partial charge in [-0.05, 0) is 44.4 Å². The quantitative estimate of drug-likeness (QED) is 0.845. The number of likely N-dealkylation sites (tertiary alicyclic amines) is 1. The Bertz CT molecular complexity index is 754. The first-order valence-corrected chi connectivity index (χ1v) is 9.94. The summed E-state index contributed by atoms with van der Waals surface area (Å²) in [5.41, 5.74) is 3.38. The van der Waals surface area contributed by atoms with Crippen LogP contribution in [0.1, 0.15) is 24.2 Å². The van der Waals surface area contributed by atoms with Crippen LogP contribution in [0.2, 0.25) is 0 Å². The fraction of sp³-hybridized carbons (Fsp3) is 0.571. The van der Waals surface area contributed by atoms with E-state index >= 15 is 0 Å². The molecule has 2 fully saturated rings. The molecule has 6 nitrogen and oxygen atoms in total. The van der Waals surface area contributed by atoms with E-state index in [2.05, 4.69) is 44.3 Å². The summed E-state index contributed by atoms with van der Waals surface area (Å²) in [6.45, 7) is 5.88. The van der Waals surface area contributed by atoms with Crippen LogP contribution in [0.25, 0.3) is 0 Å². The molecule has 1 aromatic carbocycles. The number of aliphatic hydroxyl groups excluding tert-OH is 1. The lowest BCUT2D eigenvalue weighted by Crippen LogP contribution is -2.44. The van der Waals surface area contributed by atoms with Crippen molar-refractivity contribution in [1.29, 1.82) is 0 Å². The monoisotopic (exact) mass is 370 g/mol. The largest absolute Gasteiger partial charge is 0.497 e. The van der Waals surface area contributed by atoms with Gasteiger partial charge in [0.25, 0.3) is 0 Å². The normalized spacial score (nSPS) is 24.5. The number of anilines is 1. The molecule has 146 valence electrons. The molecule has 6 heteroatoms. The van der Waals surface area contributed by atoms with Crippen LogP contribution >= 0.6 is 0 Å². The number of hydrogen-bond acceptors (Lipinski definition) is 5. The fourth-order valence-electron chi connectivity index (χ4n) is 4.53. The molecule has 2 aromatic rings. The number of piperidine rings is 1. The highest BCUT2D eigenvalue weighted by atomic mass is 16.5. The van der Waals surface area contributed by atoms with Crippen molar-refractivity contribution in [3.63, 3.8) is 0 Å². The SMILES string of the molecule is COc1cccc(N2CCC(N3C[C@@H](Cc4cc(C)[nH]n4)[C@H](O)C3)CC2)c1. The highest BCUT2D eigenvalue weighted by Crippen LogP contribution is 2.29. The number of rotatable bonds is 5. The minimum absolute atomic E-state index is 0.251. The average Bonchev–Trinajstić information content (AvgIpc) is 3.27. The van der Waals surface area contributed by atoms with E-state index in [-0.39, 0.29) is 12.0 Å². The maximum atomic E-state index is 10.5. The summed E-state index contributed by atoms with van der Waals surface area (Å²) in [6, 6.07) is 11.0. The Balaban J connectivity index is 1.32. The van der Waals surface area contributed by atoms with Gasteiger partial charge in [-0.15, -0.1) is 0 Å². The molecule has 2 N–H and O–H groups in total. The molecule has 0 spiro atoms. The third-order valence-corrected chi connectivity index (χ3v) is 6.06. The molecule has 0 saturated carbocycles. The Kier molecular flexibility index (Phi) is 5.36. The standard InChI is InChI=1S/C21H30N4O2/c1-15-10-17(23-22-15)11-16-13-25(14-21(16)26)18-6-8-24(9-7-18)19-4-3-5-20(12-19)27-2/h3-5,10,12,16,18,21,26H,6-9,11,13-14H2,1-2H3,(H,22,23)/t16-,21-/m1/s1. The Labute approximate surface area is 161 Å². The van der Waals surface area contributed by atoms with Gasteiger partial charge in [0.2, 0.25) is 0 Å². The first kappa shape index (κ1) is 18.3. The summed E-state index contributed by atoms with van der Waals surface area (Å²) in [4.78, 5) is 4.94. The second kappa shape index (κ2) is 7.90. The predicted octanol–water partition coefficient (Wildman–Crippen LogP) is 2.23. The number of aryl methyl sites for hydroxylation is 1. The Hall–Kier alpha value is -2.05. The van der Waals surface area contributed by atoms with Crippen LogP contribution < -0.4 is 9.64 Å². The van der Waals surface area contributed by atoms with Crippen LogP contribution in [0.4, 0.5) is 5.69 Å². The molecule has 2 atom stereocenters. The third-order valence-electron chi connectivity index (χ3n) is 6.06. The summed E-state index contributed by atoms with van der Waals surface area (Å²) >= 11 is 0. The van der Waals surface area contributed by atoms with Gasteiger partial charge in [-0.25, -0.2) is 0 Å². The highest BCUT2D eigenvalue weighted by molar-refractivity contribution is 5.51. The van der Waals surface area contributed by atoms with Gasteiger partial charge in [0, 0.05) is 55.6 Å². The number of hydrogen-bond donors (Lipinski definition) is 2. The second-order valence-electron chi connectivity index (χ2n) is 7.95. The number of aromatic amines is 1. The summed E-state index contributed by atoms with van der Waals surface area (Å²) in [7, 11) is 1.71. The Morgan fingerprint density at radius 1 is 1.22 bits per heavy atom. The summed E-state index contributed by atoms with van der Waals surface area (Å²) in [5.74, 6) is 1.19. The number of nitrogens with zero attached hydrogens (tertiary/aromatic N) is 3. The molecule has 4 rings (SSSR count). The molecular weight excluding hydrogens is 340 g/mol. The Morgan fingerprint density at radius 3 is 2.74 bits per heavy atom. The number of β-amino-alcohol motifs (C(OH)–C–C–N with tert-alkyl or cyclic N) is 1. The lowest BCUT2D eigenvalue weighted by molar-refractivity contribution is 0.131. The van der Waals surface area contributed by atoms with E-state index < -0.39 is 0 Å². The van der Waals surface area contributed by atoms with E-state index in [0.717, 1.165) is 62.6 Å².